The molecule has 0 radical (unpaired) electrons. The Balaban J connectivity index is 1.98. The number of hydrogen-bond donors (Lipinski definition) is 2. The molecular formula is C27H45ClO5. The van der Waals surface area contributed by atoms with E-state index in [1.807, 2.05) is 6.08 Å². The molecule has 1 saturated carbocycles. The van der Waals surface area contributed by atoms with Gasteiger partial charge >= 0.3 is 5.97 Å². The number of aliphatic hydroxyl groups excluding tert-OH is 1. The predicted octanol–water partition coefficient (Wildman–Crippen LogP) is 6.48. The Labute approximate surface area is 205 Å². The van der Waals surface area contributed by atoms with E-state index >= 15 is 0 Å². The molecule has 33 heavy (non-hydrogen) atoms. The Bertz CT molecular complexity index is 601. The molecule has 1 saturated heterocycles. The van der Waals surface area contributed by atoms with Crippen LogP contribution in [-0.4, -0.2) is 46.7 Å². The summed E-state index contributed by atoms with van der Waals surface area (Å²) in [6.45, 7) is 5.16. The number of ether oxygens (including phenoxy) is 2. The maximum atomic E-state index is 10.7. The number of unbranched alkanes of at least 4 members (excludes halogenated alkanes) is 2. The first-order valence-corrected chi connectivity index (χ1v) is 13.5. The van der Waals surface area contributed by atoms with Crippen molar-refractivity contribution in [1.82, 2.24) is 0 Å². The molecule has 2 rings (SSSR count). The van der Waals surface area contributed by atoms with Gasteiger partial charge in [-0.2, -0.15) is 0 Å². The highest BCUT2D eigenvalue weighted by Gasteiger charge is 2.42. The third-order valence-corrected chi connectivity index (χ3v) is 7.40. The summed E-state index contributed by atoms with van der Waals surface area (Å²) in [5, 5.41) is 19.4. The number of aliphatic hydroxyl groups is 1. The van der Waals surface area contributed by atoms with Crippen LogP contribution in [0.25, 0.3) is 0 Å². The number of alkyl halides is 1. The zero-order valence-corrected chi connectivity index (χ0v) is 21.3. The van der Waals surface area contributed by atoms with Gasteiger partial charge in [-0.15, -0.1) is 11.6 Å². The molecule has 0 aromatic heterocycles. The van der Waals surface area contributed by atoms with Crippen LogP contribution < -0.4 is 0 Å². The third-order valence-electron chi connectivity index (χ3n) is 6.90. The van der Waals surface area contributed by atoms with Crippen molar-refractivity contribution in [3.05, 3.63) is 24.3 Å². The van der Waals surface area contributed by atoms with E-state index in [1.165, 1.54) is 12.8 Å². The van der Waals surface area contributed by atoms with E-state index in [-0.39, 0.29) is 36.0 Å². The summed E-state index contributed by atoms with van der Waals surface area (Å²) >= 11 is 6.80. The van der Waals surface area contributed by atoms with Crippen molar-refractivity contribution in [2.45, 2.75) is 115 Å². The second-order valence-electron chi connectivity index (χ2n) is 9.89. The lowest BCUT2D eigenvalue weighted by molar-refractivity contribution is -0.192. The van der Waals surface area contributed by atoms with Crippen LogP contribution in [-0.2, 0) is 14.3 Å². The van der Waals surface area contributed by atoms with Gasteiger partial charge in [0.2, 0.25) is 0 Å². The highest BCUT2D eigenvalue weighted by molar-refractivity contribution is 6.21. The Morgan fingerprint density at radius 2 is 2.09 bits per heavy atom. The van der Waals surface area contributed by atoms with E-state index in [4.69, 9.17) is 26.2 Å². The van der Waals surface area contributed by atoms with Gasteiger partial charge in [-0.25, -0.2) is 0 Å². The molecule has 0 aromatic rings. The fraction of sp³-hybridized carbons (Fsp3) is 0.815. The molecule has 2 aliphatic rings. The van der Waals surface area contributed by atoms with Crippen LogP contribution in [0.2, 0.25) is 0 Å². The highest BCUT2D eigenvalue weighted by Crippen LogP contribution is 2.42. The Kier molecular flexibility index (Phi) is 13.7. The van der Waals surface area contributed by atoms with Crippen molar-refractivity contribution in [2.24, 2.45) is 17.8 Å². The molecule has 1 aliphatic heterocycles. The maximum Gasteiger partial charge on any atom is 0.303 e. The van der Waals surface area contributed by atoms with E-state index in [2.05, 4.69) is 32.1 Å². The quantitative estimate of drug-likeness (QED) is 0.158. The maximum absolute atomic E-state index is 10.7. The summed E-state index contributed by atoms with van der Waals surface area (Å²) in [7, 11) is 0. The molecule has 1 heterocycles. The van der Waals surface area contributed by atoms with E-state index in [1.54, 1.807) is 0 Å². The number of hydrogen-bond acceptors (Lipinski definition) is 4. The van der Waals surface area contributed by atoms with Gasteiger partial charge in [0.05, 0.1) is 12.2 Å². The minimum atomic E-state index is -0.752. The van der Waals surface area contributed by atoms with Crippen LogP contribution in [0.5, 0.6) is 0 Å². The van der Waals surface area contributed by atoms with Gasteiger partial charge in [0.15, 0.2) is 6.29 Å². The molecular weight excluding hydrogens is 440 g/mol. The smallest absolute Gasteiger partial charge is 0.303 e. The van der Waals surface area contributed by atoms with Crippen LogP contribution in [0, 0.1) is 17.8 Å². The minimum Gasteiger partial charge on any atom is -0.481 e. The first-order chi connectivity index (χ1) is 15.9. The number of aliphatic carboxylic acids is 1. The molecule has 1 aliphatic carbocycles. The second-order valence-corrected chi connectivity index (χ2v) is 10.5. The Morgan fingerprint density at radius 1 is 1.27 bits per heavy atom. The summed E-state index contributed by atoms with van der Waals surface area (Å²) in [5.74, 6) is 0.0955. The molecule has 0 aromatic carbocycles. The molecule has 5 nitrogen and oxygen atoms in total. The van der Waals surface area contributed by atoms with Crippen LogP contribution in [0.4, 0.5) is 0 Å². The van der Waals surface area contributed by atoms with E-state index in [9.17, 15) is 9.90 Å². The average Bonchev–Trinajstić information content (AvgIpc) is 3.07. The molecule has 1 unspecified atom stereocenters. The van der Waals surface area contributed by atoms with Gasteiger partial charge in [-0.05, 0) is 63.2 Å². The fourth-order valence-electron chi connectivity index (χ4n) is 4.96. The molecule has 7 atom stereocenters. The fourth-order valence-corrected chi connectivity index (χ4v) is 5.41. The van der Waals surface area contributed by atoms with E-state index in [0.717, 1.165) is 58.0 Å². The van der Waals surface area contributed by atoms with Crippen molar-refractivity contribution in [1.29, 1.82) is 0 Å². The molecule has 0 bridgehead atoms. The minimum absolute atomic E-state index is 0.00229. The monoisotopic (exact) mass is 484 g/mol. The normalized spacial score (nSPS) is 30.2. The number of rotatable bonds is 15. The SMILES string of the molecule is CCCC[C@H](C)C[C@H](O)C=C[C@@H]1[C@@H](CC=CCCCC(=O)O)[C@H](Cl)C[C@H]1OC1CCCCO1. The van der Waals surface area contributed by atoms with Gasteiger partial charge in [0.1, 0.15) is 0 Å². The van der Waals surface area contributed by atoms with Crippen molar-refractivity contribution in [3.63, 3.8) is 0 Å². The van der Waals surface area contributed by atoms with Crippen molar-refractivity contribution in [2.75, 3.05) is 6.61 Å². The van der Waals surface area contributed by atoms with E-state index < -0.39 is 12.1 Å². The van der Waals surface area contributed by atoms with Gasteiger partial charge in [-0.1, -0.05) is 57.4 Å². The number of halogens is 1. The first kappa shape index (κ1) is 28.4. The van der Waals surface area contributed by atoms with Gasteiger partial charge in [0.25, 0.3) is 0 Å². The van der Waals surface area contributed by atoms with Crippen molar-refractivity contribution < 1.29 is 24.5 Å². The van der Waals surface area contributed by atoms with Crippen LogP contribution in [0.1, 0.15) is 90.9 Å². The lowest BCUT2D eigenvalue weighted by atomic mass is 9.89. The van der Waals surface area contributed by atoms with Gasteiger partial charge in [-0.3, -0.25) is 4.79 Å². The van der Waals surface area contributed by atoms with Crippen molar-refractivity contribution >= 4 is 17.6 Å². The lowest BCUT2D eigenvalue weighted by Crippen LogP contribution is -2.30. The predicted molar refractivity (Wildman–Crippen MR) is 133 cm³/mol. The average molecular weight is 485 g/mol. The van der Waals surface area contributed by atoms with Crippen LogP contribution in [0.15, 0.2) is 24.3 Å². The van der Waals surface area contributed by atoms with Crippen molar-refractivity contribution in [3.8, 4) is 0 Å². The number of allylic oxidation sites excluding steroid dienone is 2. The molecule has 190 valence electrons. The standard InChI is InChI=1S/C27H45ClO5/c1-3-4-11-20(2)18-21(29)15-16-23-22(12-7-5-6-8-13-26(30)31)24(28)19-25(23)33-27-14-9-10-17-32-27/h5,7,15-16,20-25,27,29H,3-4,6,8-14,17-19H2,1-2H3,(H,30,31)/t20-,21+,22+,23+,24+,25+,27?/m0/s1. The molecule has 0 amide bonds. The molecule has 2 fully saturated rings. The largest absolute Gasteiger partial charge is 0.481 e. The zero-order valence-electron chi connectivity index (χ0n) is 20.5. The third kappa shape index (κ3) is 10.9. The number of carboxylic acid groups (broad SMARTS) is 1. The summed E-state index contributed by atoms with van der Waals surface area (Å²) in [6, 6.07) is 0. The van der Waals surface area contributed by atoms with Gasteiger partial charge in [0, 0.05) is 24.3 Å². The molecule has 0 spiro atoms. The zero-order chi connectivity index (χ0) is 24.1. The van der Waals surface area contributed by atoms with Crippen LogP contribution >= 0.6 is 11.6 Å². The lowest BCUT2D eigenvalue weighted by Gasteiger charge is -2.29. The summed E-state index contributed by atoms with van der Waals surface area (Å²) in [4.78, 5) is 10.7. The first-order valence-electron chi connectivity index (χ1n) is 13.0. The topological polar surface area (TPSA) is 76.0 Å². The Hall–Kier alpha value is -0.880. The second kappa shape index (κ2) is 15.9. The highest BCUT2D eigenvalue weighted by atomic mass is 35.5. The summed E-state index contributed by atoms with van der Waals surface area (Å²) in [6.07, 6.45) is 18.3. The molecule has 6 heteroatoms. The number of carboxylic acids is 1. The van der Waals surface area contributed by atoms with Crippen LogP contribution in [0.3, 0.4) is 0 Å². The summed E-state index contributed by atoms with van der Waals surface area (Å²) in [5.41, 5.74) is 0. The number of carbonyl (C=O) groups is 1. The molecule has 2 N–H and O–H groups in total. The van der Waals surface area contributed by atoms with E-state index in [0.29, 0.717) is 12.3 Å². The Morgan fingerprint density at radius 3 is 2.79 bits per heavy atom. The van der Waals surface area contributed by atoms with Gasteiger partial charge < -0.3 is 19.7 Å². The summed E-state index contributed by atoms with van der Waals surface area (Å²) < 4.78 is 12.2.